The number of methoxy groups -OCH3 is 1. The summed E-state index contributed by atoms with van der Waals surface area (Å²) in [4.78, 5) is 0.145. The van der Waals surface area contributed by atoms with Crippen molar-refractivity contribution in [1.29, 1.82) is 0 Å². The summed E-state index contributed by atoms with van der Waals surface area (Å²) < 4.78 is 31.8. The van der Waals surface area contributed by atoms with Gasteiger partial charge in [-0.15, -0.1) is 0 Å². The Morgan fingerprint density at radius 3 is 2.60 bits per heavy atom. The maximum absolute atomic E-state index is 12.1. The summed E-state index contributed by atoms with van der Waals surface area (Å²) in [7, 11) is -2.05. The van der Waals surface area contributed by atoms with Gasteiger partial charge in [-0.3, -0.25) is 0 Å². The molecule has 0 aliphatic carbocycles. The third-order valence-corrected chi connectivity index (χ3v) is 4.44. The van der Waals surface area contributed by atoms with Crippen LogP contribution in [0.25, 0.3) is 0 Å². The van der Waals surface area contributed by atoms with E-state index >= 15 is 0 Å². The van der Waals surface area contributed by atoms with E-state index in [0.29, 0.717) is 23.8 Å². The molecule has 0 heterocycles. The van der Waals surface area contributed by atoms with Gasteiger partial charge in [0.25, 0.3) is 0 Å². The number of nitrogens with one attached hydrogen (secondary N) is 1. The van der Waals surface area contributed by atoms with Crippen LogP contribution in [0.1, 0.15) is 32.3 Å². The number of benzene rings is 1. The van der Waals surface area contributed by atoms with Crippen molar-refractivity contribution in [3.63, 3.8) is 0 Å². The number of sulfonamides is 1. The minimum Gasteiger partial charge on any atom is -0.496 e. The first-order valence-corrected chi connectivity index (χ1v) is 8.16. The molecule has 20 heavy (non-hydrogen) atoms. The standard InChI is InChI=1S/C14H23NO4S/c1-11(2)5-4-8-15-20(17,18)13-6-7-14(19-3)12(9-13)10-16/h6-7,9,11,15-16H,4-5,8,10H2,1-3H3. The van der Waals surface area contributed by atoms with Crippen LogP contribution >= 0.6 is 0 Å². The zero-order valence-electron chi connectivity index (χ0n) is 12.2. The van der Waals surface area contributed by atoms with Crippen LogP contribution in [0.3, 0.4) is 0 Å². The molecule has 0 amide bonds. The van der Waals surface area contributed by atoms with E-state index in [9.17, 15) is 13.5 Å². The van der Waals surface area contributed by atoms with Gasteiger partial charge in [0.05, 0.1) is 18.6 Å². The van der Waals surface area contributed by atoms with E-state index in [0.717, 1.165) is 12.8 Å². The molecular formula is C14H23NO4S. The van der Waals surface area contributed by atoms with Gasteiger partial charge in [0, 0.05) is 12.1 Å². The third-order valence-electron chi connectivity index (χ3n) is 2.98. The molecule has 2 N–H and O–H groups in total. The van der Waals surface area contributed by atoms with E-state index in [1.807, 2.05) is 0 Å². The zero-order chi connectivity index (χ0) is 15.2. The zero-order valence-corrected chi connectivity index (χ0v) is 13.0. The first-order chi connectivity index (χ1) is 9.40. The number of hydrogen-bond donors (Lipinski definition) is 2. The SMILES string of the molecule is COc1ccc(S(=O)(=O)NCCCC(C)C)cc1CO. The van der Waals surface area contributed by atoms with E-state index in [-0.39, 0.29) is 11.5 Å². The van der Waals surface area contributed by atoms with E-state index in [4.69, 9.17) is 4.74 Å². The summed E-state index contributed by atoms with van der Waals surface area (Å²) in [5, 5.41) is 9.22. The fourth-order valence-corrected chi connectivity index (χ4v) is 2.97. The number of ether oxygens (including phenoxy) is 1. The minimum atomic E-state index is -3.53. The molecule has 0 spiro atoms. The Bertz CT molecular complexity index is 526. The van der Waals surface area contributed by atoms with Crippen LogP contribution in [0.2, 0.25) is 0 Å². The lowest BCUT2D eigenvalue weighted by Crippen LogP contribution is -2.25. The number of rotatable bonds is 8. The lowest BCUT2D eigenvalue weighted by molar-refractivity contribution is 0.273. The summed E-state index contributed by atoms with van der Waals surface area (Å²) in [5.74, 6) is 1.03. The smallest absolute Gasteiger partial charge is 0.240 e. The summed E-state index contributed by atoms with van der Waals surface area (Å²) in [6.07, 6.45) is 1.78. The van der Waals surface area contributed by atoms with Crippen LogP contribution in [0.4, 0.5) is 0 Å². The second kappa shape index (κ2) is 7.61. The Balaban J connectivity index is 2.77. The van der Waals surface area contributed by atoms with Gasteiger partial charge in [-0.2, -0.15) is 0 Å². The largest absolute Gasteiger partial charge is 0.496 e. The molecule has 0 aliphatic heterocycles. The Morgan fingerprint density at radius 2 is 2.05 bits per heavy atom. The highest BCUT2D eigenvalue weighted by atomic mass is 32.2. The van der Waals surface area contributed by atoms with E-state index in [1.54, 1.807) is 6.07 Å². The number of aliphatic hydroxyl groups excluding tert-OH is 1. The van der Waals surface area contributed by atoms with Gasteiger partial charge >= 0.3 is 0 Å². The number of aliphatic hydroxyl groups is 1. The van der Waals surface area contributed by atoms with Crippen LogP contribution in [-0.4, -0.2) is 27.2 Å². The van der Waals surface area contributed by atoms with Crippen LogP contribution in [0, 0.1) is 5.92 Å². The van der Waals surface area contributed by atoms with Crippen LogP contribution in [0.15, 0.2) is 23.1 Å². The molecule has 0 atom stereocenters. The predicted octanol–water partition coefficient (Wildman–Crippen LogP) is 1.90. The molecule has 0 bridgehead atoms. The molecule has 0 radical (unpaired) electrons. The second-order valence-corrected chi connectivity index (χ2v) is 6.83. The van der Waals surface area contributed by atoms with Gasteiger partial charge in [0.15, 0.2) is 0 Å². The molecule has 5 nitrogen and oxygen atoms in total. The molecule has 114 valence electrons. The normalized spacial score (nSPS) is 11.8. The highest BCUT2D eigenvalue weighted by Gasteiger charge is 2.15. The molecular weight excluding hydrogens is 278 g/mol. The minimum absolute atomic E-state index is 0.145. The molecule has 1 rings (SSSR count). The Labute approximate surface area is 121 Å². The average Bonchev–Trinajstić information content (AvgIpc) is 2.42. The van der Waals surface area contributed by atoms with Crippen molar-refractivity contribution < 1.29 is 18.3 Å². The lowest BCUT2D eigenvalue weighted by atomic mass is 10.1. The van der Waals surface area contributed by atoms with Crippen molar-refractivity contribution in [1.82, 2.24) is 4.72 Å². The monoisotopic (exact) mass is 301 g/mol. The van der Waals surface area contributed by atoms with Gasteiger partial charge in [-0.1, -0.05) is 13.8 Å². The molecule has 0 saturated carbocycles. The molecule has 0 aromatic heterocycles. The quantitative estimate of drug-likeness (QED) is 0.719. The highest BCUT2D eigenvalue weighted by molar-refractivity contribution is 7.89. The van der Waals surface area contributed by atoms with Crippen molar-refractivity contribution in [3.8, 4) is 5.75 Å². The molecule has 0 saturated heterocycles. The number of hydrogen-bond acceptors (Lipinski definition) is 4. The van der Waals surface area contributed by atoms with Gasteiger partial charge < -0.3 is 9.84 Å². The van der Waals surface area contributed by atoms with E-state index in [1.165, 1.54) is 19.2 Å². The van der Waals surface area contributed by atoms with Crippen LogP contribution < -0.4 is 9.46 Å². The summed E-state index contributed by atoms with van der Waals surface area (Å²) in [5.41, 5.74) is 0.456. The topological polar surface area (TPSA) is 75.6 Å². The van der Waals surface area contributed by atoms with Gasteiger partial charge in [-0.25, -0.2) is 13.1 Å². The summed E-state index contributed by atoms with van der Waals surface area (Å²) in [6, 6.07) is 4.46. The maximum atomic E-state index is 12.1. The molecule has 0 unspecified atom stereocenters. The third kappa shape index (κ3) is 4.77. The predicted molar refractivity (Wildman–Crippen MR) is 78.2 cm³/mol. The molecule has 0 aliphatic rings. The van der Waals surface area contributed by atoms with Gasteiger partial charge in [-0.05, 0) is 37.0 Å². The Hall–Kier alpha value is -1.11. The fraction of sp³-hybridized carbons (Fsp3) is 0.571. The van der Waals surface area contributed by atoms with Crippen LogP contribution in [-0.2, 0) is 16.6 Å². The highest BCUT2D eigenvalue weighted by Crippen LogP contribution is 2.22. The van der Waals surface area contributed by atoms with Crippen molar-refractivity contribution in [2.24, 2.45) is 5.92 Å². The van der Waals surface area contributed by atoms with Gasteiger partial charge in [0.2, 0.25) is 10.0 Å². The van der Waals surface area contributed by atoms with Crippen molar-refractivity contribution in [2.75, 3.05) is 13.7 Å². The average molecular weight is 301 g/mol. The van der Waals surface area contributed by atoms with Crippen molar-refractivity contribution >= 4 is 10.0 Å². The molecule has 6 heteroatoms. The maximum Gasteiger partial charge on any atom is 0.240 e. The molecule has 0 fully saturated rings. The Morgan fingerprint density at radius 1 is 1.35 bits per heavy atom. The Kier molecular flexibility index (Phi) is 6.45. The van der Waals surface area contributed by atoms with E-state index in [2.05, 4.69) is 18.6 Å². The van der Waals surface area contributed by atoms with Crippen molar-refractivity contribution in [3.05, 3.63) is 23.8 Å². The first kappa shape index (κ1) is 16.9. The lowest BCUT2D eigenvalue weighted by Gasteiger charge is -2.11. The van der Waals surface area contributed by atoms with Gasteiger partial charge in [0.1, 0.15) is 5.75 Å². The fourth-order valence-electron chi connectivity index (χ4n) is 1.85. The summed E-state index contributed by atoms with van der Waals surface area (Å²) >= 11 is 0. The molecule has 1 aromatic carbocycles. The van der Waals surface area contributed by atoms with E-state index < -0.39 is 10.0 Å². The molecule has 1 aromatic rings. The second-order valence-electron chi connectivity index (χ2n) is 5.07. The van der Waals surface area contributed by atoms with Crippen molar-refractivity contribution in [2.45, 2.75) is 38.2 Å². The first-order valence-electron chi connectivity index (χ1n) is 6.68. The summed E-state index contributed by atoms with van der Waals surface area (Å²) in [6.45, 7) is 4.36. The van der Waals surface area contributed by atoms with Crippen LogP contribution in [0.5, 0.6) is 5.75 Å².